The van der Waals surface area contributed by atoms with Gasteiger partial charge in [0, 0.05) is 24.7 Å². The SMILES string of the molecule is COc1cc(O)c(-c2cc(N)n(C)n2)cc1C#N. The molecule has 0 saturated heterocycles. The molecule has 0 saturated carbocycles. The average molecular weight is 244 g/mol. The number of nitrogens with zero attached hydrogens (tertiary/aromatic N) is 3. The van der Waals surface area contributed by atoms with Crippen LogP contribution >= 0.6 is 0 Å². The first-order valence-corrected chi connectivity index (χ1v) is 5.17. The van der Waals surface area contributed by atoms with E-state index in [1.54, 1.807) is 13.1 Å². The zero-order valence-electron chi connectivity index (χ0n) is 10.0. The second-order valence-electron chi connectivity index (χ2n) is 3.76. The first-order valence-electron chi connectivity index (χ1n) is 5.17. The molecule has 2 aromatic rings. The number of nitrogen functional groups attached to an aromatic ring is 1. The lowest BCUT2D eigenvalue weighted by molar-refractivity contribution is 0.407. The number of aromatic nitrogens is 2. The monoisotopic (exact) mass is 244 g/mol. The van der Waals surface area contributed by atoms with E-state index in [9.17, 15) is 5.11 Å². The lowest BCUT2D eigenvalue weighted by atomic mass is 10.1. The third-order valence-corrected chi connectivity index (χ3v) is 2.63. The molecule has 0 amide bonds. The smallest absolute Gasteiger partial charge is 0.140 e. The molecule has 18 heavy (non-hydrogen) atoms. The molecule has 0 aliphatic carbocycles. The van der Waals surface area contributed by atoms with Gasteiger partial charge in [-0.2, -0.15) is 10.4 Å². The Morgan fingerprint density at radius 3 is 2.67 bits per heavy atom. The van der Waals surface area contributed by atoms with Crippen molar-refractivity contribution in [1.82, 2.24) is 9.78 Å². The zero-order chi connectivity index (χ0) is 13.3. The van der Waals surface area contributed by atoms with Gasteiger partial charge in [0.25, 0.3) is 0 Å². The molecule has 1 heterocycles. The van der Waals surface area contributed by atoms with E-state index in [1.165, 1.54) is 23.9 Å². The molecule has 0 aliphatic heterocycles. The number of nitrogens with two attached hydrogens (primary N) is 1. The number of anilines is 1. The molecule has 0 fully saturated rings. The van der Waals surface area contributed by atoms with E-state index in [2.05, 4.69) is 5.10 Å². The first kappa shape index (κ1) is 11.8. The summed E-state index contributed by atoms with van der Waals surface area (Å²) in [4.78, 5) is 0. The van der Waals surface area contributed by atoms with Gasteiger partial charge in [0.1, 0.15) is 23.4 Å². The number of aromatic hydroxyl groups is 1. The Morgan fingerprint density at radius 1 is 1.44 bits per heavy atom. The van der Waals surface area contributed by atoms with Crippen molar-refractivity contribution in [3.05, 3.63) is 23.8 Å². The van der Waals surface area contributed by atoms with E-state index in [0.29, 0.717) is 28.4 Å². The lowest BCUT2D eigenvalue weighted by Crippen LogP contribution is -1.96. The van der Waals surface area contributed by atoms with Crippen LogP contribution < -0.4 is 10.5 Å². The Bertz CT molecular complexity index is 621. The maximum absolute atomic E-state index is 9.92. The molecule has 0 spiro atoms. The summed E-state index contributed by atoms with van der Waals surface area (Å²) in [6, 6.07) is 6.54. The number of aryl methyl sites for hydroxylation is 1. The normalized spacial score (nSPS) is 10.1. The maximum atomic E-state index is 9.92. The van der Waals surface area contributed by atoms with Gasteiger partial charge in [0.15, 0.2) is 0 Å². The molecule has 3 N–H and O–H groups in total. The van der Waals surface area contributed by atoms with Crippen molar-refractivity contribution < 1.29 is 9.84 Å². The van der Waals surface area contributed by atoms with Crippen LogP contribution in [0.25, 0.3) is 11.3 Å². The molecule has 0 bridgehead atoms. The molecule has 0 aliphatic rings. The highest BCUT2D eigenvalue weighted by molar-refractivity contribution is 5.72. The minimum Gasteiger partial charge on any atom is -0.507 e. The second-order valence-corrected chi connectivity index (χ2v) is 3.76. The Kier molecular flexibility index (Phi) is 2.81. The molecular formula is C12H12N4O2. The molecule has 2 rings (SSSR count). The number of benzene rings is 1. The average Bonchev–Trinajstić information content (AvgIpc) is 2.69. The number of hydrogen-bond donors (Lipinski definition) is 2. The number of phenolic OH excluding ortho intramolecular Hbond substituents is 1. The molecule has 6 nitrogen and oxygen atoms in total. The highest BCUT2D eigenvalue weighted by Crippen LogP contribution is 2.34. The van der Waals surface area contributed by atoms with Crippen LogP contribution in [0.4, 0.5) is 5.82 Å². The predicted molar refractivity (Wildman–Crippen MR) is 66.0 cm³/mol. The molecule has 0 radical (unpaired) electrons. The van der Waals surface area contributed by atoms with Crippen LogP contribution in [0, 0.1) is 11.3 Å². The molecular weight excluding hydrogens is 232 g/mol. The van der Waals surface area contributed by atoms with Crippen LogP contribution in [-0.2, 0) is 7.05 Å². The van der Waals surface area contributed by atoms with Crippen LogP contribution in [0.5, 0.6) is 11.5 Å². The maximum Gasteiger partial charge on any atom is 0.140 e. The molecule has 6 heteroatoms. The standard InChI is InChI=1S/C12H12N4O2/c1-16-12(14)4-9(15-16)8-3-7(6-13)11(18-2)5-10(8)17/h3-5,17H,14H2,1-2H3. The zero-order valence-corrected chi connectivity index (χ0v) is 10.0. The van der Waals surface area contributed by atoms with Gasteiger partial charge in [-0.3, -0.25) is 4.68 Å². The summed E-state index contributed by atoms with van der Waals surface area (Å²) in [5, 5.41) is 23.1. The highest BCUT2D eigenvalue weighted by Gasteiger charge is 2.14. The molecule has 1 aromatic heterocycles. The third kappa shape index (κ3) is 1.82. The minimum absolute atomic E-state index is 0.0102. The summed E-state index contributed by atoms with van der Waals surface area (Å²) in [7, 11) is 3.14. The van der Waals surface area contributed by atoms with E-state index in [4.69, 9.17) is 15.7 Å². The van der Waals surface area contributed by atoms with Gasteiger partial charge in [0.2, 0.25) is 0 Å². The largest absolute Gasteiger partial charge is 0.507 e. The second kappa shape index (κ2) is 4.30. The van der Waals surface area contributed by atoms with Crippen molar-refractivity contribution in [3.8, 4) is 28.8 Å². The van der Waals surface area contributed by atoms with Crippen molar-refractivity contribution in [2.75, 3.05) is 12.8 Å². The van der Waals surface area contributed by atoms with Gasteiger partial charge >= 0.3 is 0 Å². The summed E-state index contributed by atoms with van der Waals surface area (Å²) in [5.41, 5.74) is 6.96. The van der Waals surface area contributed by atoms with Crippen LogP contribution in [0.2, 0.25) is 0 Å². The number of methoxy groups -OCH3 is 1. The van der Waals surface area contributed by atoms with Crippen molar-refractivity contribution in [2.24, 2.45) is 7.05 Å². The van der Waals surface area contributed by atoms with Crippen LogP contribution in [0.1, 0.15) is 5.56 Å². The fourth-order valence-electron chi connectivity index (χ4n) is 1.64. The summed E-state index contributed by atoms with van der Waals surface area (Å²) in [5.74, 6) is 0.783. The topological polar surface area (TPSA) is 97.1 Å². The van der Waals surface area contributed by atoms with Gasteiger partial charge < -0.3 is 15.6 Å². The van der Waals surface area contributed by atoms with E-state index in [1.807, 2.05) is 6.07 Å². The number of hydrogen-bond acceptors (Lipinski definition) is 5. The molecule has 0 unspecified atom stereocenters. The van der Waals surface area contributed by atoms with Gasteiger partial charge in [-0.05, 0) is 6.07 Å². The molecule has 92 valence electrons. The van der Waals surface area contributed by atoms with Crippen LogP contribution in [-0.4, -0.2) is 22.0 Å². The molecule has 0 atom stereocenters. The summed E-state index contributed by atoms with van der Waals surface area (Å²) >= 11 is 0. The van der Waals surface area contributed by atoms with Crippen molar-refractivity contribution in [2.45, 2.75) is 0 Å². The van der Waals surface area contributed by atoms with Crippen molar-refractivity contribution in [3.63, 3.8) is 0 Å². The van der Waals surface area contributed by atoms with Crippen molar-refractivity contribution in [1.29, 1.82) is 5.26 Å². The van der Waals surface area contributed by atoms with E-state index >= 15 is 0 Å². The Hall–Kier alpha value is -2.68. The fraction of sp³-hybridized carbons (Fsp3) is 0.167. The van der Waals surface area contributed by atoms with Gasteiger partial charge in [-0.25, -0.2) is 0 Å². The third-order valence-electron chi connectivity index (χ3n) is 2.63. The van der Waals surface area contributed by atoms with E-state index < -0.39 is 0 Å². The Labute approximate surface area is 104 Å². The number of nitriles is 1. The lowest BCUT2D eigenvalue weighted by Gasteiger charge is -2.06. The van der Waals surface area contributed by atoms with Gasteiger partial charge in [-0.1, -0.05) is 0 Å². The van der Waals surface area contributed by atoms with Gasteiger partial charge in [-0.15, -0.1) is 0 Å². The summed E-state index contributed by atoms with van der Waals surface area (Å²) < 4.78 is 6.50. The fourth-order valence-corrected chi connectivity index (χ4v) is 1.64. The van der Waals surface area contributed by atoms with Crippen LogP contribution in [0.15, 0.2) is 18.2 Å². The number of ether oxygens (including phenoxy) is 1. The number of rotatable bonds is 2. The van der Waals surface area contributed by atoms with E-state index in [-0.39, 0.29) is 5.75 Å². The number of phenols is 1. The summed E-state index contributed by atoms with van der Waals surface area (Å²) in [6.07, 6.45) is 0. The Morgan fingerprint density at radius 2 is 2.17 bits per heavy atom. The quantitative estimate of drug-likeness (QED) is 0.828. The van der Waals surface area contributed by atoms with Crippen LogP contribution in [0.3, 0.4) is 0 Å². The van der Waals surface area contributed by atoms with Gasteiger partial charge in [0.05, 0.1) is 18.4 Å². The highest BCUT2D eigenvalue weighted by atomic mass is 16.5. The van der Waals surface area contributed by atoms with E-state index in [0.717, 1.165) is 0 Å². The predicted octanol–water partition coefficient (Wildman–Crippen LogP) is 1.26. The van der Waals surface area contributed by atoms with Crippen molar-refractivity contribution >= 4 is 5.82 Å². The first-order chi connectivity index (χ1) is 8.56. The molecule has 1 aromatic carbocycles. The minimum atomic E-state index is -0.0102. The summed E-state index contributed by atoms with van der Waals surface area (Å²) in [6.45, 7) is 0. The Balaban J connectivity index is 2.62.